The smallest absolute Gasteiger partial charge is 0.238 e. The lowest BCUT2D eigenvalue weighted by molar-refractivity contribution is -0.126. The van der Waals surface area contributed by atoms with Crippen molar-refractivity contribution >= 4 is 40.7 Å². The van der Waals surface area contributed by atoms with Gasteiger partial charge in [-0.2, -0.15) is 0 Å². The summed E-state index contributed by atoms with van der Waals surface area (Å²) in [4.78, 5) is 29.9. The minimum atomic E-state index is -1.37. The third-order valence-electron chi connectivity index (χ3n) is 8.37. The molecule has 11 heteroatoms. The summed E-state index contributed by atoms with van der Waals surface area (Å²) in [5.74, 6) is -1.54. The fourth-order valence-electron chi connectivity index (χ4n) is 6.62. The Kier molecular flexibility index (Phi) is 10.2. The van der Waals surface area contributed by atoms with Crippen LogP contribution in [-0.2, 0) is 15.0 Å². The molecule has 0 bridgehead atoms. The van der Waals surface area contributed by atoms with Crippen molar-refractivity contribution in [3.63, 3.8) is 0 Å². The summed E-state index contributed by atoms with van der Waals surface area (Å²) in [7, 11) is 0. The Morgan fingerprint density at radius 2 is 2.05 bits per heavy atom. The van der Waals surface area contributed by atoms with Crippen molar-refractivity contribution in [3.05, 3.63) is 64.2 Å². The van der Waals surface area contributed by atoms with Crippen LogP contribution >= 0.6 is 23.2 Å². The van der Waals surface area contributed by atoms with Gasteiger partial charge in [-0.15, -0.1) is 0 Å². The number of carbonyl (C=O) groups is 2. The Morgan fingerprint density at radius 3 is 2.69 bits per heavy atom. The number of anilines is 1. The number of allylic oxidation sites excluding steroid dienone is 4. The lowest BCUT2D eigenvalue weighted by Gasteiger charge is -2.38. The van der Waals surface area contributed by atoms with Gasteiger partial charge in [0.05, 0.1) is 12.1 Å². The maximum atomic E-state index is 15.1. The van der Waals surface area contributed by atoms with E-state index in [1.807, 2.05) is 0 Å². The molecular formula is C31H39Cl2F3N4O2. The lowest BCUT2D eigenvalue weighted by atomic mass is 9.62. The molecule has 0 saturated carbocycles. The van der Waals surface area contributed by atoms with Gasteiger partial charge in [0, 0.05) is 47.3 Å². The standard InChI is InChI=1S/C31H39Cl2F3N4O2/c1-18(6-5-7-20(33)16-35)26-27(28(41)37-23-10-12-40(13-11-34)17-22(23)36)39-25(15-30(2,3)4)31(26)21-9-8-19(32)14-24(21)38-29(31)42/h5-9,14,22-23,25-27,39H,1,10-13,15-17H2,2-4H3,(H,37,41)(H,38,42)/b6-5-,20-7+/t22-,23+,25+,26-,27+,31-/m0/s1. The number of amides is 2. The first-order valence-electron chi connectivity index (χ1n) is 14.2. The van der Waals surface area contributed by atoms with E-state index in [4.69, 9.17) is 23.2 Å². The van der Waals surface area contributed by atoms with Crippen molar-refractivity contribution in [2.24, 2.45) is 11.3 Å². The van der Waals surface area contributed by atoms with Gasteiger partial charge in [-0.05, 0) is 47.6 Å². The van der Waals surface area contributed by atoms with E-state index in [1.54, 1.807) is 29.2 Å². The number of hydrogen-bond donors (Lipinski definition) is 3. The summed E-state index contributed by atoms with van der Waals surface area (Å²) in [6.07, 6.45) is 4.04. The molecule has 3 aliphatic rings. The maximum Gasteiger partial charge on any atom is 0.238 e. The van der Waals surface area contributed by atoms with Gasteiger partial charge in [-0.1, -0.05) is 68.8 Å². The highest BCUT2D eigenvalue weighted by molar-refractivity contribution is 6.31. The van der Waals surface area contributed by atoms with E-state index >= 15 is 4.39 Å². The molecule has 6 nitrogen and oxygen atoms in total. The molecule has 4 rings (SSSR count). The van der Waals surface area contributed by atoms with E-state index in [9.17, 15) is 18.4 Å². The minimum absolute atomic E-state index is 0.00935. The van der Waals surface area contributed by atoms with Crippen molar-refractivity contribution in [2.75, 3.05) is 38.3 Å². The highest BCUT2D eigenvalue weighted by atomic mass is 35.5. The molecule has 0 aliphatic carbocycles. The van der Waals surface area contributed by atoms with Crippen LogP contribution in [0.4, 0.5) is 18.9 Å². The molecule has 3 aliphatic heterocycles. The van der Waals surface area contributed by atoms with Gasteiger partial charge in [0.2, 0.25) is 11.8 Å². The summed E-state index contributed by atoms with van der Waals surface area (Å²) in [5.41, 5.74) is 0.210. The largest absolute Gasteiger partial charge is 0.349 e. The summed E-state index contributed by atoms with van der Waals surface area (Å²) in [6, 6.07) is 3.00. The number of piperidine rings is 1. The number of benzene rings is 1. The van der Waals surface area contributed by atoms with Gasteiger partial charge in [-0.25, -0.2) is 13.2 Å². The van der Waals surface area contributed by atoms with Crippen molar-refractivity contribution in [1.29, 1.82) is 0 Å². The molecule has 1 aromatic carbocycles. The predicted octanol–water partition coefficient (Wildman–Crippen LogP) is 5.63. The summed E-state index contributed by atoms with van der Waals surface area (Å²) >= 11 is 12.1. The van der Waals surface area contributed by atoms with Crippen LogP contribution in [0.3, 0.4) is 0 Å². The van der Waals surface area contributed by atoms with Crippen LogP contribution in [0.2, 0.25) is 5.02 Å². The number of rotatable bonds is 9. The van der Waals surface area contributed by atoms with E-state index in [-0.39, 0.29) is 29.4 Å². The number of likely N-dealkylation sites (tertiary alicyclic amines) is 1. The van der Waals surface area contributed by atoms with Crippen LogP contribution in [0.1, 0.15) is 39.2 Å². The number of fused-ring (bicyclic) bond motifs is 2. The number of alkyl halides is 3. The molecule has 42 heavy (non-hydrogen) atoms. The van der Waals surface area contributed by atoms with Crippen LogP contribution in [-0.4, -0.2) is 74.0 Å². The highest BCUT2D eigenvalue weighted by Crippen LogP contribution is 2.55. The Hall–Kier alpha value is -2.33. The van der Waals surface area contributed by atoms with E-state index in [0.717, 1.165) is 0 Å². The van der Waals surface area contributed by atoms with Gasteiger partial charge < -0.3 is 16.0 Å². The third kappa shape index (κ3) is 6.59. The monoisotopic (exact) mass is 626 g/mol. The topological polar surface area (TPSA) is 73.5 Å². The van der Waals surface area contributed by atoms with Crippen molar-refractivity contribution < 1.29 is 22.8 Å². The van der Waals surface area contributed by atoms with Gasteiger partial charge in [0.25, 0.3) is 0 Å². The number of carbonyl (C=O) groups excluding carboxylic acids is 2. The Balaban J connectivity index is 1.77. The molecule has 1 aromatic rings. The number of nitrogens with one attached hydrogen (secondary N) is 3. The third-order valence-corrected chi connectivity index (χ3v) is 8.84. The number of halogens is 5. The lowest BCUT2D eigenvalue weighted by Crippen LogP contribution is -2.56. The second-order valence-electron chi connectivity index (χ2n) is 12.5. The van der Waals surface area contributed by atoms with Crippen molar-refractivity contribution in [2.45, 2.75) is 63.3 Å². The van der Waals surface area contributed by atoms with Crippen LogP contribution in [0.15, 0.2) is 53.6 Å². The molecule has 6 atom stereocenters. The molecule has 0 aromatic heterocycles. The molecule has 3 heterocycles. The van der Waals surface area contributed by atoms with Crippen molar-refractivity contribution in [1.82, 2.24) is 15.5 Å². The second kappa shape index (κ2) is 13.1. The van der Waals surface area contributed by atoms with Gasteiger partial charge >= 0.3 is 0 Å². The first-order valence-corrected chi connectivity index (χ1v) is 14.9. The first kappa shape index (κ1) is 32.6. The first-order chi connectivity index (χ1) is 19.8. The van der Waals surface area contributed by atoms with Crippen molar-refractivity contribution in [3.8, 4) is 0 Å². The van der Waals surface area contributed by atoms with Crippen LogP contribution < -0.4 is 16.0 Å². The zero-order valence-corrected chi connectivity index (χ0v) is 25.7. The molecule has 3 N–H and O–H groups in total. The molecule has 230 valence electrons. The molecule has 2 amide bonds. The zero-order valence-electron chi connectivity index (χ0n) is 24.2. The van der Waals surface area contributed by atoms with E-state index < -0.39 is 54.9 Å². The minimum Gasteiger partial charge on any atom is -0.349 e. The number of hydrogen-bond acceptors (Lipinski definition) is 4. The average molecular weight is 628 g/mol. The molecule has 2 fully saturated rings. The molecule has 0 unspecified atom stereocenters. The molecule has 0 radical (unpaired) electrons. The normalized spacial score (nSPS) is 30.1. The Morgan fingerprint density at radius 1 is 1.31 bits per heavy atom. The fourth-order valence-corrected chi connectivity index (χ4v) is 6.87. The highest BCUT2D eigenvalue weighted by Gasteiger charge is 2.65. The molecule has 2 saturated heterocycles. The molecular weight excluding hydrogens is 588 g/mol. The van der Waals surface area contributed by atoms with Crippen LogP contribution in [0, 0.1) is 11.3 Å². The second-order valence-corrected chi connectivity index (χ2v) is 13.5. The number of nitrogens with zero attached hydrogens (tertiary/aromatic N) is 1. The quantitative estimate of drug-likeness (QED) is 0.311. The van der Waals surface area contributed by atoms with Gasteiger partial charge in [0.15, 0.2) is 0 Å². The molecule has 1 spiro atoms. The van der Waals surface area contributed by atoms with Gasteiger partial charge in [-0.3, -0.25) is 14.5 Å². The zero-order chi connectivity index (χ0) is 30.8. The average Bonchev–Trinajstić information content (AvgIpc) is 3.39. The predicted molar refractivity (Wildman–Crippen MR) is 162 cm³/mol. The van der Waals surface area contributed by atoms with E-state index in [2.05, 4.69) is 43.3 Å². The van der Waals surface area contributed by atoms with E-state index in [1.165, 1.54) is 12.2 Å². The van der Waals surface area contributed by atoms with E-state index in [0.29, 0.717) is 41.2 Å². The van der Waals surface area contributed by atoms with Gasteiger partial charge in [0.1, 0.15) is 24.9 Å². The fraction of sp³-hybridized carbons (Fsp3) is 0.548. The Labute approximate surface area is 255 Å². The summed E-state index contributed by atoms with van der Waals surface area (Å²) < 4.78 is 40.9. The maximum absolute atomic E-state index is 15.1. The SMILES string of the molecule is C=C(/C=C\C=C(\Cl)CF)[C@H]1[C@H](C(=O)N[C@@H]2CCN(CCF)C[C@@H]2F)N[C@H](CC(C)(C)C)[C@]12C(=O)Nc1cc(Cl)ccc12. The van der Waals surface area contributed by atoms with Crippen LogP contribution in [0.5, 0.6) is 0 Å². The summed E-state index contributed by atoms with van der Waals surface area (Å²) in [5, 5.41) is 9.76. The Bertz CT molecular complexity index is 1270. The van der Waals surface area contributed by atoms with Crippen LogP contribution in [0.25, 0.3) is 0 Å². The summed E-state index contributed by atoms with van der Waals surface area (Å²) in [6.45, 7) is 9.66.